The third-order valence-corrected chi connectivity index (χ3v) is 8.60. The van der Waals surface area contributed by atoms with Crippen molar-refractivity contribution >= 4 is 74.0 Å². The minimum absolute atomic E-state index is 0.198. The molecule has 2 N–H and O–H groups in total. The second kappa shape index (κ2) is 12.0. The van der Waals surface area contributed by atoms with Crippen molar-refractivity contribution in [2.24, 2.45) is 0 Å². The van der Waals surface area contributed by atoms with Gasteiger partial charge in [0.05, 0.1) is 17.4 Å². The van der Waals surface area contributed by atoms with E-state index in [-0.39, 0.29) is 25.0 Å². The molecule has 1 aliphatic rings. The molecule has 2 amide bonds. The van der Waals surface area contributed by atoms with E-state index in [4.69, 9.17) is 21.1 Å². The fraction of sp³-hybridized carbons (Fsp3) is 0.348. The average molecular weight is 567 g/mol. The van der Waals surface area contributed by atoms with Crippen molar-refractivity contribution in [2.75, 3.05) is 23.8 Å². The summed E-state index contributed by atoms with van der Waals surface area (Å²) in [5.74, 6) is -0.537. The molecule has 0 spiro atoms. The number of aromatic nitrogens is 2. The summed E-state index contributed by atoms with van der Waals surface area (Å²) < 4.78 is 11.2. The molecule has 2 heterocycles. The van der Waals surface area contributed by atoms with E-state index in [1.165, 1.54) is 23.1 Å². The number of carbonyl (C=O) groups excluding carboxylic acids is 3. The number of nitrogens with one attached hydrogen (secondary N) is 2. The van der Waals surface area contributed by atoms with E-state index in [0.717, 1.165) is 41.0 Å². The number of hydrogen-bond donors (Lipinski definition) is 2. The Morgan fingerprint density at radius 3 is 2.67 bits per heavy atom. The zero-order valence-electron chi connectivity index (χ0n) is 19.5. The Bertz CT molecular complexity index is 1260. The lowest BCUT2D eigenvalue weighted by atomic mass is 10.1. The normalized spacial score (nSPS) is 13.1. The summed E-state index contributed by atoms with van der Waals surface area (Å²) in [5, 5.41) is 14.4. The molecule has 1 aromatic carbocycles. The van der Waals surface area contributed by atoms with E-state index >= 15 is 0 Å². The minimum atomic E-state index is -0.512. The van der Waals surface area contributed by atoms with Crippen LogP contribution in [-0.2, 0) is 27.2 Å². The molecule has 0 bridgehead atoms. The molecule has 1 aliphatic carbocycles. The van der Waals surface area contributed by atoms with Gasteiger partial charge in [0, 0.05) is 9.90 Å². The Balaban J connectivity index is 1.31. The van der Waals surface area contributed by atoms with Gasteiger partial charge in [0.15, 0.2) is 10.9 Å². The van der Waals surface area contributed by atoms with E-state index in [2.05, 4.69) is 20.8 Å². The average Bonchev–Trinajstić information content (AvgIpc) is 3.55. The van der Waals surface area contributed by atoms with Crippen molar-refractivity contribution in [3.8, 4) is 5.75 Å². The lowest BCUT2D eigenvalue weighted by Crippen LogP contribution is -2.23. The number of nitrogens with zero attached hydrogens (tertiary/aromatic N) is 2. The highest BCUT2D eigenvalue weighted by Gasteiger charge is 2.29. The van der Waals surface area contributed by atoms with Gasteiger partial charge in [-0.1, -0.05) is 34.7 Å². The Morgan fingerprint density at radius 2 is 1.92 bits per heavy atom. The maximum atomic E-state index is 12.9. The summed E-state index contributed by atoms with van der Waals surface area (Å²) in [6.45, 7) is 3.57. The molecular weight excluding hydrogens is 544 g/mol. The SMILES string of the molecule is CCOC(=O)c1c(NC(=O)C(C)Sc2nnc(NC(=O)COc3ccc(Cl)cc3)s2)sc2c1CCC2. The fourth-order valence-corrected chi connectivity index (χ4v) is 6.79. The fourth-order valence-electron chi connectivity index (χ4n) is 3.47. The standard InChI is InChI=1S/C23H23ClN4O5S3/c1-3-32-21(31)18-15-5-4-6-16(15)35-20(18)26-19(30)12(2)34-23-28-27-22(36-23)25-17(29)11-33-14-9-7-13(24)8-10-14/h7-10,12H,3-6,11H2,1-2H3,(H,26,30)(H,25,27,29). The summed E-state index contributed by atoms with van der Waals surface area (Å²) in [6.07, 6.45) is 2.71. The number of esters is 1. The summed E-state index contributed by atoms with van der Waals surface area (Å²) in [6, 6.07) is 6.68. The Labute approximate surface area is 224 Å². The highest BCUT2D eigenvalue weighted by atomic mass is 35.5. The quantitative estimate of drug-likeness (QED) is 0.199. The number of hydrogen-bond acceptors (Lipinski definition) is 10. The number of halogens is 1. The van der Waals surface area contributed by atoms with Crippen LogP contribution in [0.3, 0.4) is 0 Å². The number of thiophene rings is 1. The van der Waals surface area contributed by atoms with Crippen molar-refractivity contribution in [2.45, 2.75) is 42.7 Å². The number of amides is 2. The molecular formula is C23H23ClN4O5S3. The molecule has 0 fully saturated rings. The van der Waals surface area contributed by atoms with Crippen molar-refractivity contribution in [3.63, 3.8) is 0 Å². The number of anilines is 2. The number of rotatable bonds is 10. The van der Waals surface area contributed by atoms with Gasteiger partial charge in [-0.15, -0.1) is 21.5 Å². The van der Waals surface area contributed by atoms with Gasteiger partial charge in [-0.3, -0.25) is 14.9 Å². The van der Waals surface area contributed by atoms with Crippen molar-refractivity contribution in [3.05, 3.63) is 45.3 Å². The highest BCUT2D eigenvalue weighted by molar-refractivity contribution is 8.02. The monoisotopic (exact) mass is 566 g/mol. The van der Waals surface area contributed by atoms with Gasteiger partial charge < -0.3 is 14.8 Å². The maximum Gasteiger partial charge on any atom is 0.341 e. The first-order valence-electron chi connectivity index (χ1n) is 11.1. The number of fused-ring (bicyclic) bond motifs is 1. The molecule has 0 saturated heterocycles. The molecule has 0 saturated carbocycles. The second-order valence-corrected chi connectivity index (χ2v) is 11.8. The van der Waals surface area contributed by atoms with Crippen LogP contribution >= 0.6 is 46.0 Å². The molecule has 190 valence electrons. The van der Waals surface area contributed by atoms with Gasteiger partial charge in [-0.05, 0) is 62.9 Å². The summed E-state index contributed by atoms with van der Waals surface area (Å²) >= 11 is 9.64. The number of benzene rings is 1. The van der Waals surface area contributed by atoms with Gasteiger partial charge in [0.1, 0.15) is 10.8 Å². The molecule has 9 nitrogen and oxygen atoms in total. The van der Waals surface area contributed by atoms with Crippen molar-refractivity contribution in [1.82, 2.24) is 10.2 Å². The van der Waals surface area contributed by atoms with Crippen LogP contribution in [0.4, 0.5) is 10.1 Å². The lowest BCUT2D eigenvalue weighted by Gasteiger charge is -2.11. The number of thioether (sulfide) groups is 1. The number of ether oxygens (including phenoxy) is 2. The lowest BCUT2D eigenvalue weighted by molar-refractivity contribution is -0.118. The van der Waals surface area contributed by atoms with Crippen LogP contribution < -0.4 is 15.4 Å². The molecule has 1 unspecified atom stereocenters. The number of aryl methyl sites for hydroxylation is 1. The van der Waals surface area contributed by atoms with Crippen LogP contribution in [0.25, 0.3) is 0 Å². The van der Waals surface area contributed by atoms with E-state index in [0.29, 0.717) is 30.8 Å². The van der Waals surface area contributed by atoms with Crippen molar-refractivity contribution in [1.29, 1.82) is 0 Å². The van der Waals surface area contributed by atoms with Crippen LogP contribution in [0.5, 0.6) is 5.75 Å². The summed E-state index contributed by atoms with van der Waals surface area (Å²) in [4.78, 5) is 38.7. The third-order valence-electron chi connectivity index (χ3n) is 5.12. The zero-order chi connectivity index (χ0) is 25.7. The van der Waals surface area contributed by atoms with E-state index < -0.39 is 11.2 Å². The molecule has 4 rings (SSSR count). The molecule has 1 atom stereocenters. The first-order chi connectivity index (χ1) is 17.3. The van der Waals surface area contributed by atoms with Gasteiger partial charge in [0.25, 0.3) is 5.91 Å². The van der Waals surface area contributed by atoms with Crippen molar-refractivity contribution < 1.29 is 23.9 Å². The smallest absolute Gasteiger partial charge is 0.341 e. The molecule has 13 heteroatoms. The maximum absolute atomic E-state index is 12.9. The van der Waals surface area contributed by atoms with Gasteiger partial charge in [-0.25, -0.2) is 4.79 Å². The van der Waals surface area contributed by atoms with Crippen LogP contribution in [0.15, 0.2) is 28.6 Å². The van der Waals surface area contributed by atoms with E-state index in [1.807, 2.05) is 0 Å². The topological polar surface area (TPSA) is 120 Å². The predicted octanol–water partition coefficient (Wildman–Crippen LogP) is 5.06. The molecule has 2 aromatic heterocycles. The van der Waals surface area contributed by atoms with Crippen LogP contribution in [0, 0.1) is 0 Å². The zero-order valence-corrected chi connectivity index (χ0v) is 22.7. The molecule has 3 aromatic rings. The Hall–Kier alpha value is -2.67. The van der Waals surface area contributed by atoms with Gasteiger partial charge in [0.2, 0.25) is 11.0 Å². The summed E-state index contributed by atoms with van der Waals surface area (Å²) in [5.41, 5.74) is 1.46. The number of carbonyl (C=O) groups is 3. The predicted molar refractivity (Wildman–Crippen MR) is 142 cm³/mol. The van der Waals surface area contributed by atoms with Gasteiger partial charge >= 0.3 is 5.97 Å². The minimum Gasteiger partial charge on any atom is -0.484 e. The highest BCUT2D eigenvalue weighted by Crippen LogP contribution is 2.40. The Morgan fingerprint density at radius 1 is 1.14 bits per heavy atom. The molecule has 0 aliphatic heterocycles. The van der Waals surface area contributed by atoms with Crippen LogP contribution in [-0.4, -0.2) is 46.4 Å². The molecule has 0 radical (unpaired) electrons. The van der Waals surface area contributed by atoms with Gasteiger partial charge in [-0.2, -0.15) is 0 Å². The first kappa shape index (κ1) is 26.4. The van der Waals surface area contributed by atoms with Crippen LogP contribution in [0.1, 0.15) is 41.1 Å². The van der Waals surface area contributed by atoms with E-state index in [1.54, 1.807) is 38.1 Å². The second-order valence-electron chi connectivity index (χ2n) is 7.70. The third kappa shape index (κ3) is 6.55. The van der Waals surface area contributed by atoms with Crippen LogP contribution in [0.2, 0.25) is 5.02 Å². The Kier molecular flexibility index (Phi) is 8.83. The largest absolute Gasteiger partial charge is 0.484 e. The van der Waals surface area contributed by atoms with E-state index in [9.17, 15) is 14.4 Å². The summed E-state index contributed by atoms with van der Waals surface area (Å²) in [7, 11) is 0. The molecule has 36 heavy (non-hydrogen) atoms. The first-order valence-corrected chi connectivity index (χ1v) is 14.0.